The number of carbonyl (C=O) groups is 2. The average Bonchev–Trinajstić information content (AvgIpc) is 2.85. The lowest BCUT2D eigenvalue weighted by molar-refractivity contribution is -0.134. The SMILES string of the molecule is C=CCCC(C)CC[C@H](NC(=O)OC(C)(C)C)C(=O)N1C[C@H](O)CC1C. The monoisotopic (exact) mass is 368 g/mol. The number of aliphatic hydroxyl groups excluding tert-OH is 1. The Morgan fingerprint density at radius 3 is 2.50 bits per heavy atom. The molecule has 0 aliphatic carbocycles. The van der Waals surface area contributed by atoms with Crippen molar-refractivity contribution in [2.45, 2.75) is 90.5 Å². The molecule has 2 N–H and O–H groups in total. The first-order chi connectivity index (χ1) is 12.0. The first-order valence-corrected chi connectivity index (χ1v) is 9.62. The molecule has 6 nitrogen and oxygen atoms in total. The molecule has 1 rings (SSSR count). The van der Waals surface area contributed by atoms with E-state index in [-0.39, 0.29) is 11.9 Å². The summed E-state index contributed by atoms with van der Waals surface area (Å²) in [5.41, 5.74) is -0.619. The molecule has 150 valence electrons. The van der Waals surface area contributed by atoms with Crippen LogP contribution in [0.5, 0.6) is 0 Å². The normalized spacial score (nSPS) is 22.6. The number of allylic oxidation sites excluding steroid dienone is 1. The Kier molecular flexibility index (Phi) is 8.60. The molecule has 2 amide bonds. The van der Waals surface area contributed by atoms with Crippen LogP contribution in [0, 0.1) is 5.92 Å². The van der Waals surface area contributed by atoms with Crippen molar-refractivity contribution in [3.8, 4) is 0 Å². The van der Waals surface area contributed by atoms with E-state index in [9.17, 15) is 14.7 Å². The Labute approximate surface area is 158 Å². The number of amides is 2. The van der Waals surface area contributed by atoms with Gasteiger partial charge in [0, 0.05) is 12.6 Å². The zero-order valence-electron chi connectivity index (χ0n) is 17.0. The van der Waals surface area contributed by atoms with E-state index in [1.54, 1.807) is 25.7 Å². The predicted octanol–water partition coefficient (Wildman–Crippen LogP) is 3.24. The lowest BCUT2D eigenvalue weighted by Gasteiger charge is -2.29. The highest BCUT2D eigenvalue weighted by Gasteiger charge is 2.36. The molecule has 1 fully saturated rings. The van der Waals surface area contributed by atoms with E-state index >= 15 is 0 Å². The standard InChI is InChI=1S/C20H36N2O4/c1-7-8-9-14(2)10-11-17(21-19(25)26-20(4,5)6)18(24)22-13-16(23)12-15(22)3/h7,14-17,23H,1,8-13H2,2-6H3,(H,21,25)/t14?,15?,16-,17+/m1/s1. The average molecular weight is 369 g/mol. The summed E-state index contributed by atoms with van der Waals surface area (Å²) in [6.07, 6.45) is 4.71. The molecule has 0 aromatic carbocycles. The van der Waals surface area contributed by atoms with Gasteiger partial charge in [0.15, 0.2) is 0 Å². The predicted molar refractivity (Wildman–Crippen MR) is 103 cm³/mol. The van der Waals surface area contributed by atoms with E-state index < -0.39 is 23.8 Å². The van der Waals surface area contributed by atoms with E-state index in [4.69, 9.17) is 4.74 Å². The van der Waals surface area contributed by atoms with Crippen molar-refractivity contribution in [2.75, 3.05) is 6.54 Å². The fourth-order valence-corrected chi connectivity index (χ4v) is 3.21. The molecule has 0 bridgehead atoms. The number of nitrogens with one attached hydrogen (secondary N) is 1. The summed E-state index contributed by atoms with van der Waals surface area (Å²) in [5, 5.41) is 12.6. The van der Waals surface area contributed by atoms with Gasteiger partial charge in [0.2, 0.25) is 5.91 Å². The Morgan fingerprint density at radius 1 is 1.35 bits per heavy atom. The fourth-order valence-electron chi connectivity index (χ4n) is 3.21. The molecule has 1 aliphatic rings. The summed E-state index contributed by atoms with van der Waals surface area (Å²) < 4.78 is 5.32. The molecule has 0 saturated carbocycles. The third-order valence-corrected chi connectivity index (χ3v) is 4.64. The molecule has 2 unspecified atom stereocenters. The van der Waals surface area contributed by atoms with Crippen LogP contribution < -0.4 is 5.32 Å². The smallest absolute Gasteiger partial charge is 0.408 e. The lowest BCUT2D eigenvalue weighted by atomic mass is 9.96. The Balaban J connectivity index is 2.75. The van der Waals surface area contributed by atoms with Crippen LogP contribution >= 0.6 is 0 Å². The van der Waals surface area contributed by atoms with Crippen LogP contribution in [0.4, 0.5) is 4.79 Å². The van der Waals surface area contributed by atoms with Crippen LogP contribution in [0.2, 0.25) is 0 Å². The van der Waals surface area contributed by atoms with Gasteiger partial charge in [0.05, 0.1) is 6.10 Å². The highest BCUT2D eigenvalue weighted by Crippen LogP contribution is 2.21. The topological polar surface area (TPSA) is 78.9 Å². The number of hydrogen-bond acceptors (Lipinski definition) is 4. The Bertz CT molecular complexity index is 487. The quantitative estimate of drug-likeness (QED) is 0.645. The number of likely N-dealkylation sites (tertiary alicyclic amines) is 1. The van der Waals surface area contributed by atoms with E-state index in [2.05, 4.69) is 18.8 Å². The number of ether oxygens (including phenoxy) is 1. The van der Waals surface area contributed by atoms with Gasteiger partial charge in [0.1, 0.15) is 11.6 Å². The first-order valence-electron chi connectivity index (χ1n) is 9.62. The molecule has 0 radical (unpaired) electrons. The molecular formula is C20H36N2O4. The second-order valence-corrected chi connectivity index (χ2v) is 8.48. The summed E-state index contributed by atoms with van der Waals surface area (Å²) in [4.78, 5) is 26.8. The molecule has 0 aromatic heterocycles. The van der Waals surface area contributed by atoms with Crippen LogP contribution in [0.25, 0.3) is 0 Å². The third-order valence-electron chi connectivity index (χ3n) is 4.64. The summed E-state index contributed by atoms with van der Waals surface area (Å²) in [6.45, 7) is 13.5. The van der Waals surface area contributed by atoms with E-state index in [1.165, 1.54) is 0 Å². The van der Waals surface area contributed by atoms with Crippen molar-refractivity contribution < 1.29 is 19.4 Å². The second-order valence-electron chi connectivity index (χ2n) is 8.48. The zero-order chi connectivity index (χ0) is 19.9. The minimum atomic E-state index is -0.635. The first kappa shape index (κ1) is 22.5. The van der Waals surface area contributed by atoms with Gasteiger partial charge in [-0.25, -0.2) is 4.79 Å². The maximum Gasteiger partial charge on any atom is 0.408 e. The van der Waals surface area contributed by atoms with Gasteiger partial charge in [-0.2, -0.15) is 0 Å². The van der Waals surface area contributed by atoms with Crippen molar-refractivity contribution in [2.24, 2.45) is 5.92 Å². The van der Waals surface area contributed by atoms with Crippen LogP contribution in [0.1, 0.15) is 66.7 Å². The van der Waals surface area contributed by atoms with Gasteiger partial charge in [0.25, 0.3) is 0 Å². The molecule has 0 spiro atoms. The van der Waals surface area contributed by atoms with Crippen molar-refractivity contribution in [3.05, 3.63) is 12.7 Å². The molecule has 1 aliphatic heterocycles. The Hall–Kier alpha value is -1.56. The maximum absolute atomic E-state index is 13.0. The number of carbonyl (C=O) groups excluding carboxylic acids is 2. The largest absolute Gasteiger partial charge is 0.444 e. The molecule has 4 atom stereocenters. The molecule has 1 heterocycles. The third kappa shape index (κ3) is 7.77. The van der Waals surface area contributed by atoms with Crippen molar-refractivity contribution in [1.29, 1.82) is 0 Å². The van der Waals surface area contributed by atoms with Gasteiger partial charge in [-0.05, 0) is 65.7 Å². The zero-order valence-corrected chi connectivity index (χ0v) is 17.0. The molecule has 26 heavy (non-hydrogen) atoms. The van der Waals surface area contributed by atoms with Crippen molar-refractivity contribution >= 4 is 12.0 Å². The number of aliphatic hydroxyl groups is 1. The number of nitrogens with zero attached hydrogens (tertiary/aromatic N) is 1. The second kappa shape index (κ2) is 9.95. The van der Waals surface area contributed by atoms with E-state index in [0.29, 0.717) is 25.3 Å². The summed E-state index contributed by atoms with van der Waals surface area (Å²) in [7, 11) is 0. The number of β-amino-alcohol motifs (C(OH)–C–C–N with tert-alkyl or cyclic N) is 1. The highest BCUT2D eigenvalue weighted by atomic mass is 16.6. The molecule has 6 heteroatoms. The highest BCUT2D eigenvalue weighted by molar-refractivity contribution is 5.86. The van der Waals surface area contributed by atoms with Gasteiger partial charge in [-0.3, -0.25) is 4.79 Å². The van der Waals surface area contributed by atoms with Crippen LogP contribution in [0.15, 0.2) is 12.7 Å². The van der Waals surface area contributed by atoms with Gasteiger partial charge in [-0.15, -0.1) is 6.58 Å². The van der Waals surface area contributed by atoms with Gasteiger partial charge >= 0.3 is 6.09 Å². The van der Waals surface area contributed by atoms with Crippen LogP contribution in [-0.4, -0.2) is 52.3 Å². The number of alkyl carbamates (subject to hydrolysis) is 1. The summed E-state index contributed by atoms with van der Waals surface area (Å²) >= 11 is 0. The minimum Gasteiger partial charge on any atom is -0.444 e. The maximum atomic E-state index is 13.0. The number of hydrogen-bond donors (Lipinski definition) is 2. The van der Waals surface area contributed by atoms with Gasteiger partial charge < -0.3 is 20.1 Å². The van der Waals surface area contributed by atoms with Crippen LogP contribution in [-0.2, 0) is 9.53 Å². The minimum absolute atomic E-state index is 0.0291. The van der Waals surface area contributed by atoms with Gasteiger partial charge in [-0.1, -0.05) is 13.0 Å². The van der Waals surface area contributed by atoms with Crippen molar-refractivity contribution in [1.82, 2.24) is 10.2 Å². The van der Waals surface area contributed by atoms with E-state index in [0.717, 1.165) is 19.3 Å². The fraction of sp³-hybridized carbons (Fsp3) is 0.800. The molecular weight excluding hydrogens is 332 g/mol. The number of rotatable bonds is 8. The van der Waals surface area contributed by atoms with Crippen LogP contribution in [0.3, 0.4) is 0 Å². The molecule has 0 aromatic rings. The summed E-state index contributed by atoms with van der Waals surface area (Å²) in [6, 6.07) is -0.664. The lowest BCUT2D eigenvalue weighted by Crippen LogP contribution is -2.50. The molecule has 1 saturated heterocycles. The Morgan fingerprint density at radius 2 is 2.00 bits per heavy atom. The van der Waals surface area contributed by atoms with E-state index in [1.807, 2.05) is 13.0 Å². The van der Waals surface area contributed by atoms with Crippen molar-refractivity contribution in [3.63, 3.8) is 0 Å². The summed E-state index contributed by atoms with van der Waals surface area (Å²) in [5.74, 6) is 0.293.